The van der Waals surface area contributed by atoms with Gasteiger partial charge in [-0.1, -0.05) is 20.3 Å². The molecule has 3 heteroatoms. The van der Waals surface area contributed by atoms with Gasteiger partial charge in [0.05, 0.1) is 6.10 Å². The van der Waals surface area contributed by atoms with Crippen molar-refractivity contribution in [3.63, 3.8) is 0 Å². The van der Waals surface area contributed by atoms with Crippen LogP contribution in [0.15, 0.2) is 18.2 Å². The zero-order valence-corrected chi connectivity index (χ0v) is 12.8. The van der Waals surface area contributed by atoms with Crippen molar-refractivity contribution < 1.29 is 9.13 Å². The Hall–Kier alpha value is -1.09. The Balaban J connectivity index is 2.13. The Bertz CT molecular complexity index is 435. The van der Waals surface area contributed by atoms with Gasteiger partial charge in [-0.3, -0.25) is 0 Å². The third-order valence-electron chi connectivity index (χ3n) is 4.13. The fourth-order valence-corrected chi connectivity index (χ4v) is 3.05. The fourth-order valence-electron chi connectivity index (χ4n) is 3.05. The highest BCUT2D eigenvalue weighted by Gasteiger charge is 2.22. The lowest BCUT2D eigenvalue weighted by atomic mass is 9.88. The molecule has 1 N–H and O–H groups in total. The lowest BCUT2D eigenvalue weighted by Gasteiger charge is -2.29. The van der Waals surface area contributed by atoms with Gasteiger partial charge in [-0.15, -0.1) is 0 Å². The quantitative estimate of drug-likeness (QED) is 0.859. The molecular formula is C17H26FNO. The van der Waals surface area contributed by atoms with E-state index in [9.17, 15) is 4.39 Å². The van der Waals surface area contributed by atoms with Gasteiger partial charge in [0.15, 0.2) is 0 Å². The molecule has 3 unspecified atom stereocenters. The number of nitrogens with one attached hydrogen (secondary N) is 1. The maximum absolute atomic E-state index is 13.5. The summed E-state index contributed by atoms with van der Waals surface area (Å²) in [5.74, 6) is 1.36. The average Bonchev–Trinajstić information content (AvgIpc) is 2.41. The largest absolute Gasteiger partial charge is 0.490 e. The van der Waals surface area contributed by atoms with Gasteiger partial charge >= 0.3 is 0 Å². The summed E-state index contributed by atoms with van der Waals surface area (Å²) >= 11 is 0. The van der Waals surface area contributed by atoms with Gasteiger partial charge in [0, 0.05) is 11.6 Å². The standard InChI is InChI=1S/C17H26FNO/c1-4-19-13(3)16-11-14(18)8-9-17(16)20-15-7-5-6-12(2)10-15/h8-9,11-13,15,19H,4-7,10H2,1-3H3. The Kier molecular flexibility index (Phi) is 5.41. The zero-order valence-electron chi connectivity index (χ0n) is 12.8. The van der Waals surface area contributed by atoms with E-state index in [1.165, 1.54) is 18.9 Å². The summed E-state index contributed by atoms with van der Waals surface area (Å²) < 4.78 is 19.7. The molecule has 20 heavy (non-hydrogen) atoms. The fraction of sp³-hybridized carbons (Fsp3) is 0.647. The van der Waals surface area contributed by atoms with Crippen molar-refractivity contribution in [1.29, 1.82) is 0 Å². The summed E-state index contributed by atoms with van der Waals surface area (Å²) in [7, 11) is 0. The summed E-state index contributed by atoms with van der Waals surface area (Å²) in [6.07, 6.45) is 5.01. The second kappa shape index (κ2) is 7.07. The Labute approximate surface area is 121 Å². The first kappa shape index (κ1) is 15.3. The molecule has 112 valence electrons. The molecule has 0 amide bonds. The van der Waals surface area contributed by atoms with Crippen LogP contribution in [0.1, 0.15) is 58.1 Å². The Morgan fingerprint density at radius 2 is 2.20 bits per heavy atom. The summed E-state index contributed by atoms with van der Waals surface area (Å²) in [6, 6.07) is 4.96. The van der Waals surface area contributed by atoms with Crippen LogP contribution < -0.4 is 10.1 Å². The van der Waals surface area contributed by atoms with E-state index in [-0.39, 0.29) is 18.0 Å². The number of rotatable bonds is 5. The Morgan fingerprint density at radius 1 is 1.40 bits per heavy atom. The number of ether oxygens (including phenoxy) is 1. The van der Waals surface area contributed by atoms with Crippen molar-refractivity contribution in [3.8, 4) is 5.75 Å². The molecule has 1 aromatic rings. The van der Waals surface area contributed by atoms with Crippen LogP contribution in [-0.2, 0) is 0 Å². The molecule has 0 bridgehead atoms. The number of hydrogen-bond acceptors (Lipinski definition) is 2. The van der Waals surface area contributed by atoms with Gasteiger partial charge < -0.3 is 10.1 Å². The maximum atomic E-state index is 13.5. The summed E-state index contributed by atoms with van der Waals surface area (Å²) in [5.41, 5.74) is 0.921. The molecule has 0 spiro atoms. The van der Waals surface area contributed by atoms with Crippen LogP contribution in [0.25, 0.3) is 0 Å². The van der Waals surface area contributed by atoms with Crippen molar-refractivity contribution in [2.45, 2.75) is 58.6 Å². The van der Waals surface area contributed by atoms with E-state index in [4.69, 9.17) is 4.74 Å². The molecule has 0 saturated heterocycles. The highest BCUT2D eigenvalue weighted by molar-refractivity contribution is 5.36. The molecule has 1 fully saturated rings. The van der Waals surface area contributed by atoms with Gasteiger partial charge in [0.2, 0.25) is 0 Å². The third-order valence-corrected chi connectivity index (χ3v) is 4.13. The molecule has 0 radical (unpaired) electrons. The molecule has 1 aliphatic carbocycles. The molecule has 1 saturated carbocycles. The van der Waals surface area contributed by atoms with Crippen LogP contribution >= 0.6 is 0 Å². The third kappa shape index (κ3) is 3.95. The lowest BCUT2D eigenvalue weighted by molar-refractivity contribution is 0.127. The topological polar surface area (TPSA) is 21.3 Å². The van der Waals surface area contributed by atoms with Gasteiger partial charge in [-0.25, -0.2) is 4.39 Å². The van der Waals surface area contributed by atoms with Crippen LogP contribution in [0.3, 0.4) is 0 Å². The predicted octanol–water partition coefficient (Wildman–Crippen LogP) is 4.45. The average molecular weight is 279 g/mol. The monoisotopic (exact) mass is 279 g/mol. The first-order valence-electron chi connectivity index (χ1n) is 7.79. The number of halogens is 1. The van der Waals surface area contributed by atoms with Crippen molar-refractivity contribution in [2.75, 3.05) is 6.54 Å². The number of hydrogen-bond donors (Lipinski definition) is 1. The van der Waals surface area contributed by atoms with Crippen LogP contribution in [0.5, 0.6) is 5.75 Å². The minimum atomic E-state index is -0.200. The molecule has 0 aromatic heterocycles. The van der Waals surface area contributed by atoms with Gasteiger partial charge in [-0.2, -0.15) is 0 Å². The van der Waals surface area contributed by atoms with E-state index in [0.29, 0.717) is 0 Å². The van der Waals surface area contributed by atoms with E-state index in [1.54, 1.807) is 12.1 Å². The van der Waals surface area contributed by atoms with Gasteiger partial charge in [0.25, 0.3) is 0 Å². The van der Waals surface area contributed by atoms with E-state index in [1.807, 2.05) is 0 Å². The molecule has 0 heterocycles. The first-order valence-corrected chi connectivity index (χ1v) is 7.79. The molecule has 3 atom stereocenters. The highest BCUT2D eigenvalue weighted by Crippen LogP contribution is 2.31. The van der Waals surface area contributed by atoms with E-state index < -0.39 is 0 Å². The van der Waals surface area contributed by atoms with E-state index >= 15 is 0 Å². The minimum absolute atomic E-state index is 0.103. The normalized spacial score (nSPS) is 24.4. The molecule has 2 rings (SSSR count). The lowest BCUT2D eigenvalue weighted by Crippen LogP contribution is -2.25. The molecule has 2 nitrogen and oxygen atoms in total. The van der Waals surface area contributed by atoms with Crippen molar-refractivity contribution in [1.82, 2.24) is 5.32 Å². The van der Waals surface area contributed by atoms with Crippen LogP contribution in [0, 0.1) is 11.7 Å². The molecule has 1 aliphatic rings. The van der Waals surface area contributed by atoms with Crippen molar-refractivity contribution in [3.05, 3.63) is 29.6 Å². The minimum Gasteiger partial charge on any atom is -0.490 e. The van der Waals surface area contributed by atoms with Gasteiger partial charge in [-0.05, 0) is 56.8 Å². The highest BCUT2D eigenvalue weighted by atomic mass is 19.1. The van der Waals surface area contributed by atoms with E-state index in [0.717, 1.165) is 36.6 Å². The summed E-state index contributed by atoms with van der Waals surface area (Å²) in [4.78, 5) is 0. The maximum Gasteiger partial charge on any atom is 0.124 e. The van der Waals surface area contributed by atoms with Crippen LogP contribution in [0.2, 0.25) is 0 Å². The molecule has 1 aromatic carbocycles. The SMILES string of the molecule is CCNC(C)c1cc(F)ccc1OC1CCCC(C)C1. The summed E-state index contributed by atoms with van der Waals surface area (Å²) in [6.45, 7) is 7.24. The summed E-state index contributed by atoms with van der Waals surface area (Å²) in [5, 5.41) is 3.33. The first-order chi connectivity index (χ1) is 9.60. The van der Waals surface area contributed by atoms with Crippen LogP contribution in [-0.4, -0.2) is 12.6 Å². The smallest absolute Gasteiger partial charge is 0.124 e. The van der Waals surface area contributed by atoms with Crippen LogP contribution in [0.4, 0.5) is 4.39 Å². The molecule has 0 aliphatic heterocycles. The Morgan fingerprint density at radius 3 is 2.90 bits per heavy atom. The second-order valence-corrected chi connectivity index (χ2v) is 5.97. The van der Waals surface area contributed by atoms with E-state index in [2.05, 4.69) is 26.1 Å². The van der Waals surface area contributed by atoms with Gasteiger partial charge in [0.1, 0.15) is 11.6 Å². The number of benzene rings is 1. The molecular weight excluding hydrogens is 253 g/mol. The second-order valence-electron chi connectivity index (χ2n) is 5.97. The van der Waals surface area contributed by atoms with Crippen molar-refractivity contribution >= 4 is 0 Å². The zero-order chi connectivity index (χ0) is 14.5. The van der Waals surface area contributed by atoms with Crippen molar-refractivity contribution in [2.24, 2.45) is 5.92 Å². The predicted molar refractivity (Wildman–Crippen MR) is 80.5 cm³/mol.